The number of rotatable bonds is 2. The van der Waals surface area contributed by atoms with Crippen LogP contribution in [0, 0.1) is 0 Å². The van der Waals surface area contributed by atoms with Crippen LogP contribution < -0.4 is 21.3 Å². The summed E-state index contributed by atoms with van der Waals surface area (Å²) >= 11 is 10.8. The van der Waals surface area contributed by atoms with Gasteiger partial charge in [-0.1, -0.05) is 24.4 Å². The fourth-order valence-electron chi connectivity index (χ4n) is 2.33. The lowest BCUT2D eigenvalue weighted by molar-refractivity contribution is 0.188. The van der Waals surface area contributed by atoms with Crippen molar-refractivity contribution < 1.29 is 0 Å². The predicted molar refractivity (Wildman–Crippen MR) is 105 cm³/mol. The van der Waals surface area contributed by atoms with Crippen LogP contribution in [0.25, 0.3) is 0 Å². The molecule has 22 heavy (non-hydrogen) atoms. The van der Waals surface area contributed by atoms with Gasteiger partial charge in [0.1, 0.15) is 8.64 Å². The van der Waals surface area contributed by atoms with E-state index in [0.29, 0.717) is 0 Å². The molecule has 0 radical (unpaired) electrons. The standard InChI is InChI=1S/C12H24N6S4/c1-17-5-3-13-7-9(17)15-11(19)21-22-12(20)16-10-8-14-4-6-18(10)2/h9-10,13-14H,3-8H2,1-2H3,(H,15,19)(H,16,20). The minimum absolute atomic E-state index is 0.254. The van der Waals surface area contributed by atoms with E-state index in [0.717, 1.165) is 47.9 Å². The highest BCUT2D eigenvalue weighted by Crippen LogP contribution is 2.24. The first-order chi connectivity index (χ1) is 10.6. The van der Waals surface area contributed by atoms with Crippen molar-refractivity contribution in [3.05, 3.63) is 0 Å². The molecule has 4 N–H and O–H groups in total. The second kappa shape index (κ2) is 9.58. The van der Waals surface area contributed by atoms with Gasteiger partial charge in [-0.15, -0.1) is 0 Å². The molecule has 0 saturated carbocycles. The zero-order valence-corrected chi connectivity index (χ0v) is 16.2. The van der Waals surface area contributed by atoms with Gasteiger partial charge in [-0.3, -0.25) is 9.80 Å². The third-order valence-electron chi connectivity index (χ3n) is 3.78. The Morgan fingerprint density at radius 3 is 1.68 bits per heavy atom. The Labute approximate surface area is 151 Å². The highest BCUT2D eigenvalue weighted by molar-refractivity contribution is 8.89. The molecule has 2 rings (SSSR count). The quantitative estimate of drug-likeness (QED) is 0.384. The summed E-state index contributed by atoms with van der Waals surface area (Å²) in [5.74, 6) is 0. The van der Waals surface area contributed by atoms with E-state index in [9.17, 15) is 0 Å². The Hall–Kier alpha value is 0.320. The molecule has 0 aliphatic carbocycles. The van der Waals surface area contributed by atoms with Crippen LogP contribution >= 0.6 is 46.0 Å². The first kappa shape index (κ1) is 18.7. The Morgan fingerprint density at radius 2 is 1.32 bits per heavy atom. The maximum Gasteiger partial charge on any atom is 0.146 e. The molecule has 0 aromatic rings. The van der Waals surface area contributed by atoms with Crippen molar-refractivity contribution in [3.8, 4) is 0 Å². The zero-order valence-electron chi connectivity index (χ0n) is 12.9. The molecular formula is C12H24N6S4. The highest BCUT2D eigenvalue weighted by Gasteiger charge is 2.21. The largest absolute Gasteiger partial charge is 0.354 e. The van der Waals surface area contributed by atoms with Gasteiger partial charge in [0.15, 0.2) is 0 Å². The van der Waals surface area contributed by atoms with Crippen molar-refractivity contribution in [2.45, 2.75) is 12.3 Å². The van der Waals surface area contributed by atoms with Crippen LogP contribution in [0.15, 0.2) is 0 Å². The predicted octanol–water partition coefficient (Wildman–Crippen LogP) is -0.161. The van der Waals surface area contributed by atoms with Crippen LogP contribution in [0.4, 0.5) is 0 Å². The molecule has 2 fully saturated rings. The average molecular weight is 381 g/mol. The van der Waals surface area contributed by atoms with Crippen LogP contribution in [0.1, 0.15) is 0 Å². The maximum atomic E-state index is 5.40. The van der Waals surface area contributed by atoms with Crippen LogP contribution in [-0.4, -0.2) is 84.1 Å². The summed E-state index contributed by atoms with van der Waals surface area (Å²) in [7, 11) is 7.24. The number of hydrogen-bond donors (Lipinski definition) is 4. The molecule has 126 valence electrons. The minimum atomic E-state index is 0.254. The highest BCUT2D eigenvalue weighted by atomic mass is 33.1. The molecule has 0 amide bonds. The summed E-state index contributed by atoms with van der Waals surface area (Å²) in [6.45, 7) is 5.92. The Balaban J connectivity index is 1.65. The Kier molecular flexibility index (Phi) is 8.12. The van der Waals surface area contributed by atoms with Crippen molar-refractivity contribution in [2.24, 2.45) is 0 Å². The van der Waals surface area contributed by atoms with Crippen molar-refractivity contribution in [1.82, 2.24) is 31.1 Å². The van der Waals surface area contributed by atoms with Crippen molar-refractivity contribution in [3.63, 3.8) is 0 Å². The first-order valence-corrected chi connectivity index (χ1v) is 10.3. The van der Waals surface area contributed by atoms with E-state index in [-0.39, 0.29) is 12.3 Å². The molecule has 10 heteroatoms. The Bertz CT molecular complexity index is 360. The van der Waals surface area contributed by atoms with Crippen LogP contribution in [0.5, 0.6) is 0 Å². The van der Waals surface area contributed by atoms with Gasteiger partial charge in [-0.05, 0) is 35.7 Å². The molecule has 0 aromatic heterocycles. The summed E-state index contributed by atoms with van der Waals surface area (Å²) in [5.41, 5.74) is 0. The van der Waals surface area contributed by atoms with E-state index in [1.807, 2.05) is 0 Å². The molecule has 2 unspecified atom stereocenters. The van der Waals surface area contributed by atoms with E-state index in [1.165, 1.54) is 21.6 Å². The lowest BCUT2D eigenvalue weighted by atomic mass is 10.3. The van der Waals surface area contributed by atoms with E-state index in [1.54, 1.807) is 0 Å². The van der Waals surface area contributed by atoms with Gasteiger partial charge in [0.25, 0.3) is 0 Å². The number of piperazine rings is 2. The Morgan fingerprint density at radius 1 is 0.909 bits per heavy atom. The molecule has 0 aromatic carbocycles. The summed E-state index contributed by atoms with van der Waals surface area (Å²) in [6, 6.07) is 0. The number of nitrogens with zero attached hydrogens (tertiary/aromatic N) is 2. The van der Waals surface area contributed by atoms with Crippen molar-refractivity contribution >= 4 is 54.7 Å². The van der Waals surface area contributed by atoms with Crippen LogP contribution in [0.2, 0.25) is 0 Å². The second-order valence-electron chi connectivity index (χ2n) is 5.43. The lowest BCUT2D eigenvalue weighted by Crippen LogP contribution is -2.57. The molecule has 0 bridgehead atoms. The summed E-state index contributed by atoms with van der Waals surface area (Å²) in [6.07, 6.45) is 0.508. The van der Waals surface area contributed by atoms with Crippen molar-refractivity contribution in [1.29, 1.82) is 0 Å². The summed E-state index contributed by atoms with van der Waals surface area (Å²) in [5, 5.41) is 13.5. The third kappa shape index (κ3) is 6.08. The molecule has 6 nitrogen and oxygen atoms in total. The first-order valence-electron chi connectivity index (χ1n) is 7.33. The SMILES string of the molecule is CN1CCNCC1NC(=S)SSC(=S)NC1CNCCN1C. The maximum absolute atomic E-state index is 5.40. The minimum Gasteiger partial charge on any atom is -0.354 e. The van der Waals surface area contributed by atoms with Crippen LogP contribution in [-0.2, 0) is 0 Å². The number of likely N-dealkylation sites (N-methyl/N-ethyl adjacent to an activating group) is 2. The van der Waals surface area contributed by atoms with Gasteiger partial charge in [0.2, 0.25) is 0 Å². The monoisotopic (exact) mass is 380 g/mol. The van der Waals surface area contributed by atoms with E-state index in [4.69, 9.17) is 24.4 Å². The smallest absolute Gasteiger partial charge is 0.146 e. The van der Waals surface area contributed by atoms with E-state index in [2.05, 4.69) is 45.2 Å². The van der Waals surface area contributed by atoms with Crippen molar-refractivity contribution in [2.75, 3.05) is 53.4 Å². The lowest BCUT2D eigenvalue weighted by Gasteiger charge is -2.34. The molecule has 2 saturated heterocycles. The summed E-state index contributed by atoms with van der Waals surface area (Å²) in [4.78, 5) is 4.54. The molecule has 2 aliphatic heterocycles. The fourth-order valence-corrected chi connectivity index (χ4v) is 4.48. The van der Waals surface area contributed by atoms with Gasteiger partial charge in [0.05, 0.1) is 12.3 Å². The second-order valence-corrected chi connectivity index (χ2v) is 8.91. The molecule has 2 atom stereocenters. The van der Waals surface area contributed by atoms with Gasteiger partial charge < -0.3 is 21.3 Å². The molecule has 2 aliphatic rings. The van der Waals surface area contributed by atoms with E-state index >= 15 is 0 Å². The third-order valence-corrected chi connectivity index (χ3v) is 7.02. The molecule has 2 heterocycles. The zero-order chi connectivity index (χ0) is 15.9. The number of thiocarbonyl (C=S) groups is 2. The fraction of sp³-hybridized carbons (Fsp3) is 0.833. The van der Waals surface area contributed by atoms with Gasteiger partial charge in [-0.25, -0.2) is 0 Å². The molecule has 0 spiro atoms. The normalized spacial score (nSPS) is 27.4. The van der Waals surface area contributed by atoms with Gasteiger partial charge in [0, 0.05) is 39.3 Å². The average Bonchev–Trinajstić information content (AvgIpc) is 2.50. The number of hydrogen-bond acceptors (Lipinski definition) is 8. The van der Waals surface area contributed by atoms with Gasteiger partial charge in [-0.2, -0.15) is 0 Å². The van der Waals surface area contributed by atoms with E-state index < -0.39 is 0 Å². The van der Waals surface area contributed by atoms with Crippen LogP contribution in [0.3, 0.4) is 0 Å². The van der Waals surface area contributed by atoms with Gasteiger partial charge >= 0.3 is 0 Å². The molecular weight excluding hydrogens is 356 g/mol. The number of nitrogens with one attached hydrogen (secondary N) is 4. The summed E-state index contributed by atoms with van der Waals surface area (Å²) < 4.78 is 1.54. The topological polar surface area (TPSA) is 54.6 Å².